The fourth-order valence-electron chi connectivity index (χ4n) is 10.2. The molecule has 1 aliphatic carbocycles. The molecule has 0 radical (unpaired) electrons. The van der Waals surface area contributed by atoms with Gasteiger partial charge in [0.05, 0.1) is 5.69 Å². The van der Waals surface area contributed by atoms with Gasteiger partial charge in [0.2, 0.25) is 0 Å². The van der Waals surface area contributed by atoms with Gasteiger partial charge in [0.25, 0.3) is 0 Å². The quantitative estimate of drug-likeness (QED) is 0.0704. The highest BCUT2D eigenvalue weighted by Crippen LogP contribution is 2.41. The number of fused-ring (bicyclic) bond motifs is 4. The molecule has 0 aromatic heterocycles. The van der Waals surface area contributed by atoms with Crippen molar-refractivity contribution < 1.29 is 0 Å². The molecule has 9 aromatic rings. The predicted molar refractivity (Wildman–Crippen MR) is 314 cm³/mol. The van der Waals surface area contributed by atoms with Crippen LogP contribution >= 0.6 is 0 Å². The van der Waals surface area contributed by atoms with Crippen LogP contribution in [0.1, 0.15) is 42.9 Å². The first-order valence-electron chi connectivity index (χ1n) is 25.2. The summed E-state index contributed by atoms with van der Waals surface area (Å²) in [5.74, 6) is 0. The number of para-hydroxylation sites is 1. The van der Waals surface area contributed by atoms with Gasteiger partial charge >= 0.3 is 0 Å². The first-order chi connectivity index (χ1) is 35.5. The summed E-state index contributed by atoms with van der Waals surface area (Å²) in [6, 6.07) is 70.3. The van der Waals surface area contributed by atoms with Crippen molar-refractivity contribution in [1.29, 1.82) is 0 Å². The molecule has 0 unspecified atom stereocenters. The Hall–Kier alpha value is -8.72. The van der Waals surface area contributed by atoms with E-state index < -0.39 is 0 Å². The summed E-state index contributed by atoms with van der Waals surface area (Å²) in [6.45, 7) is 13.7. The van der Waals surface area contributed by atoms with Crippen LogP contribution in [0, 0.1) is 6.92 Å². The van der Waals surface area contributed by atoms with Crippen LogP contribution in [0.4, 0.5) is 17.1 Å². The van der Waals surface area contributed by atoms with Crippen LogP contribution in [-0.2, 0) is 0 Å². The minimum atomic E-state index is 0.606. The number of nitrogens with zero attached hydrogens (tertiary/aromatic N) is 2. The van der Waals surface area contributed by atoms with Crippen molar-refractivity contribution in [3.8, 4) is 22.3 Å². The molecule has 0 saturated heterocycles. The Kier molecular flexibility index (Phi) is 14.3. The van der Waals surface area contributed by atoms with Gasteiger partial charge in [-0.3, -0.25) is 0 Å². The van der Waals surface area contributed by atoms with Gasteiger partial charge in [-0.2, -0.15) is 0 Å². The molecular formula is C70H60N2. The highest BCUT2D eigenvalue weighted by molar-refractivity contribution is 6.13. The van der Waals surface area contributed by atoms with Gasteiger partial charge in [-0.25, -0.2) is 0 Å². The second kappa shape index (κ2) is 21.9. The van der Waals surface area contributed by atoms with E-state index in [1.54, 1.807) is 0 Å². The SMILES string of the molecule is C=C/C=C\C(=C/CN(C(/C=C\CC(=C)c1ccccc1-c1ccccc1)=C/C)c1ccc(-c2cc3ccccc3c3ccccc23)cc1)c1cc(N(C2=CCCC=C2)c2ccccc2C)c2ccccc2c1. The third kappa shape index (κ3) is 9.99. The van der Waals surface area contributed by atoms with Crippen molar-refractivity contribution in [3.05, 3.63) is 296 Å². The molecule has 350 valence electrons. The van der Waals surface area contributed by atoms with Gasteiger partial charge in [0, 0.05) is 34.7 Å². The van der Waals surface area contributed by atoms with E-state index in [0.717, 1.165) is 52.2 Å². The number of hydrogen-bond donors (Lipinski definition) is 0. The molecule has 0 atom stereocenters. The molecule has 0 fully saturated rings. The minimum Gasteiger partial charge on any atom is -0.338 e. The van der Waals surface area contributed by atoms with E-state index >= 15 is 0 Å². The molecule has 0 bridgehead atoms. The molecule has 1 aliphatic rings. The van der Waals surface area contributed by atoms with E-state index in [9.17, 15) is 0 Å². The van der Waals surface area contributed by atoms with E-state index in [-0.39, 0.29) is 0 Å². The molecule has 0 spiro atoms. The maximum Gasteiger partial charge on any atom is 0.0546 e. The summed E-state index contributed by atoms with van der Waals surface area (Å²) >= 11 is 0. The fraction of sp³-hybridized carbons (Fsp3) is 0.0857. The van der Waals surface area contributed by atoms with Gasteiger partial charge in [-0.15, -0.1) is 0 Å². The van der Waals surface area contributed by atoms with Crippen LogP contribution in [0.2, 0.25) is 0 Å². The first kappa shape index (κ1) is 47.0. The smallest absolute Gasteiger partial charge is 0.0546 e. The van der Waals surface area contributed by atoms with Crippen LogP contribution in [0.25, 0.3) is 65.7 Å². The number of allylic oxidation sites excluding steroid dienone is 11. The average Bonchev–Trinajstić information content (AvgIpc) is 3.44. The molecule has 0 heterocycles. The lowest BCUT2D eigenvalue weighted by atomic mass is 9.93. The molecule has 0 aliphatic heterocycles. The Balaban J connectivity index is 1.06. The number of rotatable bonds is 16. The number of hydrogen-bond acceptors (Lipinski definition) is 2. The van der Waals surface area contributed by atoms with Crippen LogP contribution in [0.3, 0.4) is 0 Å². The summed E-state index contributed by atoms with van der Waals surface area (Å²) < 4.78 is 0. The number of benzene rings is 9. The highest BCUT2D eigenvalue weighted by Gasteiger charge is 2.21. The first-order valence-corrected chi connectivity index (χ1v) is 25.2. The van der Waals surface area contributed by atoms with E-state index in [0.29, 0.717) is 13.0 Å². The van der Waals surface area contributed by atoms with Gasteiger partial charge in [0.1, 0.15) is 0 Å². The van der Waals surface area contributed by atoms with Crippen molar-refractivity contribution in [2.24, 2.45) is 0 Å². The van der Waals surface area contributed by atoms with Crippen molar-refractivity contribution in [1.82, 2.24) is 0 Å². The third-order valence-electron chi connectivity index (χ3n) is 13.8. The maximum atomic E-state index is 4.61. The van der Waals surface area contributed by atoms with E-state index in [1.807, 2.05) is 6.08 Å². The molecular weight excluding hydrogens is 869 g/mol. The van der Waals surface area contributed by atoms with Gasteiger partial charge in [-0.05, 0) is 159 Å². The lowest BCUT2D eigenvalue weighted by Gasteiger charge is -2.31. The summed E-state index contributed by atoms with van der Waals surface area (Å²) in [5.41, 5.74) is 16.2. The lowest BCUT2D eigenvalue weighted by molar-refractivity contribution is 0.997. The second-order valence-electron chi connectivity index (χ2n) is 18.4. The molecule has 0 saturated carbocycles. The lowest BCUT2D eigenvalue weighted by Crippen LogP contribution is -2.22. The van der Waals surface area contributed by atoms with Gasteiger partial charge < -0.3 is 9.80 Å². The van der Waals surface area contributed by atoms with Crippen molar-refractivity contribution >= 4 is 60.5 Å². The monoisotopic (exact) mass is 928 g/mol. The topological polar surface area (TPSA) is 6.48 Å². The highest BCUT2D eigenvalue weighted by atomic mass is 15.2. The minimum absolute atomic E-state index is 0.606. The van der Waals surface area contributed by atoms with Crippen LogP contribution in [0.15, 0.2) is 279 Å². The zero-order valence-electron chi connectivity index (χ0n) is 41.4. The van der Waals surface area contributed by atoms with Crippen molar-refractivity contribution in [2.45, 2.75) is 33.1 Å². The van der Waals surface area contributed by atoms with E-state index in [4.69, 9.17) is 0 Å². The molecule has 0 N–H and O–H groups in total. The van der Waals surface area contributed by atoms with Crippen LogP contribution < -0.4 is 9.80 Å². The number of aryl methyl sites for hydroxylation is 1. The van der Waals surface area contributed by atoms with Gasteiger partial charge in [-0.1, -0.05) is 219 Å². The summed E-state index contributed by atoms with van der Waals surface area (Å²) in [6.07, 6.45) is 24.9. The largest absolute Gasteiger partial charge is 0.338 e. The summed E-state index contributed by atoms with van der Waals surface area (Å²) in [5, 5.41) is 7.41. The predicted octanol–water partition coefficient (Wildman–Crippen LogP) is 19.4. The van der Waals surface area contributed by atoms with Crippen LogP contribution in [-0.4, -0.2) is 6.54 Å². The zero-order valence-corrected chi connectivity index (χ0v) is 41.4. The van der Waals surface area contributed by atoms with Crippen molar-refractivity contribution in [2.75, 3.05) is 16.3 Å². The third-order valence-corrected chi connectivity index (χ3v) is 13.8. The molecule has 2 heteroatoms. The molecule has 72 heavy (non-hydrogen) atoms. The standard InChI is InChI=1S/C70H60N2/c1-5-7-27-53(58-48-56-30-16-18-38-65(56)70(50-58)72(61-32-12-9-13-33-61)69-41-23-14-25-52(69)4)46-47-71(59(6-2)34-24-26-51(3)62-35-19-20-36-63(62)54-28-10-8-11-29-54)60-44-42-55(43-45-60)68-49-57-31-15-17-37-64(57)66-39-21-22-40-67(66)68/h5-8,10-12,14-25,27-46,48-50H,1,3,9,13,26,47H2,2,4H3/b27-7-,34-24-,53-46+,59-6+. The molecule has 0 amide bonds. The Morgan fingerprint density at radius 3 is 2.01 bits per heavy atom. The Labute approximate surface area is 426 Å². The normalized spacial score (nSPS) is 13.1. The summed E-state index contributed by atoms with van der Waals surface area (Å²) in [4.78, 5) is 4.87. The van der Waals surface area contributed by atoms with E-state index in [2.05, 4.69) is 286 Å². The zero-order chi connectivity index (χ0) is 49.2. The fourth-order valence-corrected chi connectivity index (χ4v) is 10.2. The van der Waals surface area contributed by atoms with Gasteiger partial charge in [0.15, 0.2) is 0 Å². The van der Waals surface area contributed by atoms with E-state index in [1.165, 1.54) is 71.5 Å². The molecule has 9 aromatic carbocycles. The van der Waals surface area contributed by atoms with Crippen molar-refractivity contribution in [3.63, 3.8) is 0 Å². The Morgan fingerprint density at radius 1 is 0.597 bits per heavy atom. The molecule has 10 rings (SSSR count). The second-order valence-corrected chi connectivity index (χ2v) is 18.4. The van der Waals surface area contributed by atoms with Crippen LogP contribution in [0.5, 0.6) is 0 Å². The summed E-state index contributed by atoms with van der Waals surface area (Å²) in [7, 11) is 0. The molecule has 2 nitrogen and oxygen atoms in total. The Bertz CT molecular complexity index is 3630. The maximum absolute atomic E-state index is 4.61. The Morgan fingerprint density at radius 2 is 1.26 bits per heavy atom. The number of anilines is 3. The average molecular weight is 929 g/mol.